The van der Waals surface area contributed by atoms with Crippen LogP contribution in [0.1, 0.15) is 38.7 Å². The Kier molecular flexibility index (Phi) is 6.48. The summed E-state index contributed by atoms with van der Waals surface area (Å²) in [6, 6.07) is 7.12. The van der Waals surface area contributed by atoms with Gasteiger partial charge in [-0.15, -0.1) is 0 Å². The zero-order chi connectivity index (χ0) is 14.3. The van der Waals surface area contributed by atoms with Crippen LogP contribution < -0.4 is 10.0 Å². The summed E-state index contributed by atoms with van der Waals surface area (Å²) in [6.07, 6.45) is 1.04. The molecule has 0 spiro atoms. The van der Waals surface area contributed by atoms with Gasteiger partial charge in [-0.25, -0.2) is 13.1 Å². The Morgan fingerprint density at radius 3 is 2.53 bits per heavy atom. The van der Waals surface area contributed by atoms with Crippen LogP contribution in [0.15, 0.2) is 29.2 Å². The molecule has 4 nitrogen and oxygen atoms in total. The number of benzene rings is 1. The first-order valence-corrected chi connectivity index (χ1v) is 8.26. The van der Waals surface area contributed by atoms with Gasteiger partial charge in [-0.2, -0.15) is 0 Å². The molecule has 1 aromatic carbocycles. The van der Waals surface area contributed by atoms with E-state index in [0.29, 0.717) is 23.9 Å². The monoisotopic (exact) mass is 284 g/mol. The fourth-order valence-electron chi connectivity index (χ4n) is 1.70. The summed E-state index contributed by atoms with van der Waals surface area (Å²) in [5.41, 5.74) is 1.03. The van der Waals surface area contributed by atoms with Gasteiger partial charge in [0.05, 0.1) is 4.90 Å². The third kappa shape index (κ3) is 5.30. The minimum Gasteiger partial charge on any atom is -0.315 e. The topological polar surface area (TPSA) is 58.2 Å². The largest absolute Gasteiger partial charge is 0.315 e. The van der Waals surface area contributed by atoms with Gasteiger partial charge >= 0.3 is 0 Å². The first kappa shape index (κ1) is 16.1. The molecule has 0 heterocycles. The summed E-state index contributed by atoms with van der Waals surface area (Å²) in [4.78, 5) is 0.342. The summed E-state index contributed by atoms with van der Waals surface area (Å²) < 4.78 is 26.8. The van der Waals surface area contributed by atoms with Crippen molar-refractivity contribution in [3.05, 3.63) is 29.8 Å². The zero-order valence-corrected chi connectivity index (χ0v) is 12.8. The molecule has 0 amide bonds. The first-order chi connectivity index (χ1) is 8.97. The summed E-state index contributed by atoms with van der Waals surface area (Å²) >= 11 is 0. The van der Waals surface area contributed by atoms with E-state index in [9.17, 15) is 8.42 Å². The second-order valence-corrected chi connectivity index (χ2v) is 6.64. The van der Waals surface area contributed by atoms with Crippen molar-refractivity contribution < 1.29 is 8.42 Å². The molecule has 0 saturated carbocycles. The van der Waals surface area contributed by atoms with Gasteiger partial charge in [0.1, 0.15) is 0 Å². The molecule has 0 fully saturated rings. The van der Waals surface area contributed by atoms with Crippen molar-refractivity contribution in [3.8, 4) is 0 Å². The second kappa shape index (κ2) is 7.62. The van der Waals surface area contributed by atoms with Gasteiger partial charge in [-0.1, -0.05) is 32.9 Å². The number of sulfonamides is 1. The number of hydrogen-bond donors (Lipinski definition) is 2. The van der Waals surface area contributed by atoms with Crippen molar-refractivity contribution in [2.75, 3.05) is 19.6 Å². The van der Waals surface area contributed by atoms with Crippen molar-refractivity contribution >= 4 is 10.0 Å². The van der Waals surface area contributed by atoms with Crippen LogP contribution in [-0.4, -0.2) is 28.1 Å². The summed E-state index contributed by atoms with van der Waals surface area (Å²) in [6.45, 7) is 8.14. The van der Waals surface area contributed by atoms with Crippen LogP contribution in [0.3, 0.4) is 0 Å². The van der Waals surface area contributed by atoms with Crippen LogP contribution in [0.4, 0.5) is 0 Å². The number of hydrogen-bond acceptors (Lipinski definition) is 3. The smallest absolute Gasteiger partial charge is 0.240 e. The van der Waals surface area contributed by atoms with Crippen LogP contribution in [0.5, 0.6) is 0 Å². The molecular weight excluding hydrogens is 260 g/mol. The maximum Gasteiger partial charge on any atom is 0.240 e. The highest BCUT2D eigenvalue weighted by atomic mass is 32.2. The van der Waals surface area contributed by atoms with Crippen LogP contribution in [0.25, 0.3) is 0 Å². The van der Waals surface area contributed by atoms with E-state index in [1.54, 1.807) is 18.2 Å². The highest BCUT2D eigenvalue weighted by Gasteiger charge is 2.14. The molecule has 0 saturated heterocycles. The molecule has 0 radical (unpaired) electrons. The normalized spacial score (nSPS) is 12.0. The molecule has 0 aliphatic carbocycles. The number of nitrogens with one attached hydrogen (secondary N) is 2. The second-order valence-electron chi connectivity index (χ2n) is 4.87. The lowest BCUT2D eigenvalue weighted by atomic mass is 10.0. The molecule has 1 aromatic rings. The lowest BCUT2D eigenvalue weighted by Crippen LogP contribution is -2.32. The standard InChI is InChI=1S/C14H24N2O2S/c1-4-8-15-9-10-16-19(17,18)14-7-5-6-13(11-14)12(2)3/h5-7,11-12,15-16H,4,8-10H2,1-3H3. The van der Waals surface area contributed by atoms with Gasteiger partial charge in [0, 0.05) is 13.1 Å². The average molecular weight is 284 g/mol. The van der Waals surface area contributed by atoms with E-state index in [0.717, 1.165) is 18.5 Å². The van der Waals surface area contributed by atoms with E-state index < -0.39 is 10.0 Å². The first-order valence-electron chi connectivity index (χ1n) is 6.77. The Morgan fingerprint density at radius 1 is 1.16 bits per heavy atom. The Bertz CT molecular complexity index is 484. The molecule has 0 aliphatic rings. The number of rotatable bonds is 8. The van der Waals surface area contributed by atoms with Gasteiger partial charge in [0.2, 0.25) is 10.0 Å². The minimum absolute atomic E-state index is 0.321. The van der Waals surface area contributed by atoms with E-state index >= 15 is 0 Å². The van der Waals surface area contributed by atoms with E-state index in [1.807, 2.05) is 19.9 Å². The SMILES string of the molecule is CCCNCCNS(=O)(=O)c1cccc(C(C)C)c1. The maximum absolute atomic E-state index is 12.1. The highest BCUT2D eigenvalue weighted by molar-refractivity contribution is 7.89. The van der Waals surface area contributed by atoms with E-state index in [2.05, 4.69) is 17.0 Å². The van der Waals surface area contributed by atoms with E-state index in [-0.39, 0.29) is 0 Å². The molecule has 5 heteroatoms. The maximum atomic E-state index is 12.1. The van der Waals surface area contributed by atoms with Crippen molar-refractivity contribution in [1.82, 2.24) is 10.0 Å². The van der Waals surface area contributed by atoms with Gasteiger partial charge in [-0.05, 0) is 36.6 Å². The van der Waals surface area contributed by atoms with Crippen LogP contribution in [-0.2, 0) is 10.0 Å². The molecule has 0 bridgehead atoms. The van der Waals surface area contributed by atoms with E-state index in [4.69, 9.17) is 0 Å². The minimum atomic E-state index is -3.39. The molecule has 1 rings (SSSR count). The fourth-order valence-corrected chi connectivity index (χ4v) is 2.79. The summed E-state index contributed by atoms with van der Waals surface area (Å²) in [5, 5.41) is 3.16. The Balaban J connectivity index is 2.64. The zero-order valence-electron chi connectivity index (χ0n) is 11.9. The summed E-state index contributed by atoms with van der Waals surface area (Å²) in [5.74, 6) is 0.321. The molecular formula is C14H24N2O2S. The van der Waals surface area contributed by atoms with Crippen molar-refractivity contribution in [2.45, 2.75) is 38.0 Å². The van der Waals surface area contributed by atoms with Crippen LogP contribution in [0.2, 0.25) is 0 Å². The predicted molar refractivity (Wildman–Crippen MR) is 78.9 cm³/mol. The van der Waals surface area contributed by atoms with Crippen LogP contribution in [0, 0.1) is 0 Å². The lowest BCUT2D eigenvalue weighted by Gasteiger charge is -2.10. The van der Waals surface area contributed by atoms with Gasteiger partial charge in [0.25, 0.3) is 0 Å². The fraction of sp³-hybridized carbons (Fsp3) is 0.571. The molecule has 108 valence electrons. The van der Waals surface area contributed by atoms with Gasteiger partial charge in [0.15, 0.2) is 0 Å². The molecule has 19 heavy (non-hydrogen) atoms. The van der Waals surface area contributed by atoms with E-state index in [1.165, 1.54) is 0 Å². The molecule has 0 unspecified atom stereocenters. The Labute approximate surface area is 116 Å². The lowest BCUT2D eigenvalue weighted by molar-refractivity contribution is 0.575. The third-order valence-electron chi connectivity index (χ3n) is 2.86. The highest BCUT2D eigenvalue weighted by Crippen LogP contribution is 2.18. The van der Waals surface area contributed by atoms with Crippen molar-refractivity contribution in [1.29, 1.82) is 0 Å². The molecule has 0 aliphatic heterocycles. The Hall–Kier alpha value is -0.910. The molecule has 0 atom stereocenters. The summed E-state index contributed by atoms with van der Waals surface area (Å²) in [7, 11) is -3.39. The molecule has 2 N–H and O–H groups in total. The molecule has 0 aromatic heterocycles. The quantitative estimate of drug-likeness (QED) is 0.719. The predicted octanol–water partition coefficient (Wildman–Crippen LogP) is 2.09. The van der Waals surface area contributed by atoms with Crippen molar-refractivity contribution in [3.63, 3.8) is 0 Å². The van der Waals surface area contributed by atoms with Gasteiger partial charge < -0.3 is 5.32 Å². The van der Waals surface area contributed by atoms with Crippen LogP contribution >= 0.6 is 0 Å². The third-order valence-corrected chi connectivity index (χ3v) is 4.31. The Morgan fingerprint density at radius 2 is 1.89 bits per heavy atom. The van der Waals surface area contributed by atoms with Crippen molar-refractivity contribution in [2.24, 2.45) is 0 Å². The average Bonchev–Trinajstić information content (AvgIpc) is 2.38. The van der Waals surface area contributed by atoms with Gasteiger partial charge in [-0.3, -0.25) is 0 Å².